The average Bonchev–Trinajstić information content (AvgIpc) is 2.27. The van der Waals surface area contributed by atoms with Crippen molar-refractivity contribution >= 4 is 28.6 Å². The smallest absolute Gasteiger partial charge is 0.314 e. The maximum Gasteiger partial charge on any atom is 0.314 e. The number of halogens is 1. The van der Waals surface area contributed by atoms with E-state index in [1.165, 1.54) is 19.1 Å². The zero-order chi connectivity index (χ0) is 13.7. The van der Waals surface area contributed by atoms with E-state index in [4.69, 9.17) is 0 Å². The Morgan fingerprint density at radius 3 is 2.83 bits per heavy atom. The first-order chi connectivity index (χ1) is 8.41. The van der Waals surface area contributed by atoms with Gasteiger partial charge in [-0.25, -0.2) is 4.39 Å². The fourth-order valence-corrected chi connectivity index (χ4v) is 1.64. The summed E-state index contributed by atoms with van der Waals surface area (Å²) in [6.07, 6.45) is 2.85. The Hall–Kier alpha value is -1.89. The first kappa shape index (κ1) is 14.2. The number of nitro groups is 1. The normalized spacial score (nSPS) is 10.8. The van der Waals surface area contributed by atoms with Gasteiger partial charge in [0, 0.05) is 18.2 Å². The van der Waals surface area contributed by atoms with Crippen LogP contribution in [0.25, 0.3) is 6.08 Å². The van der Waals surface area contributed by atoms with Gasteiger partial charge in [-0.1, -0.05) is 23.9 Å². The van der Waals surface area contributed by atoms with Crippen molar-refractivity contribution in [2.45, 2.75) is 6.92 Å². The van der Waals surface area contributed by atoms with Gasteiger partial charge >= 0.3 is 5.69 Å². The molecule has 0 aliphatic rings. The lowest BCUT2D eigenvalue weighted by Gasteiger charge is -2.01. The highest BCUT2D eigenvalue weighted by atomic mass is 32.2. The Kier molecular flexibility index (Phi) is 4.85. The molecule has 0 unspecified atom stereocenters. The fourth-order valence-electron chi connectivity index (χ4n) is 1.21. The minimum Gasteiger partial charge on any atom is -0.502 e. The molecule has 0 aliphatic carbocycles. The molecule has 0 bridgehead atoms. The van der Waals surface area contributed by atoms with Crippen LogP contribution < -0.4 is 0 Å². The van der Waals surface area contributed by atoms with Gasteiger partial charge in [0.15, 0.2) is 5.12 Å². The summed E-state index contributed by atoms with van der Waals surface area (Å²) in [4.78, 5) is 20.3. The van der Waals surface area contributed by atoms with Gasteiger partial charge < -0.3 is 5.11 Å². The molecule has 5 nitrogen and oxygen atoms in total. The molecular formula is C11H10FNO4S. The Balaban J connectivity index is 2.95. The number of hydrogen-bond donors (Lipinski definition) is 1. The Labute approximate surface area is 106 Å². The van der Waals surface area contributed by atoms with Crippen LogP contribution in [0.3, 0.4) is 0 Å². The second-order valence-corrected chi connectivity index (χ2v) is 4.52. The molecule has 96 valence electrons. The molecule has 0 atom stereocenters. The van der Waals surface area contributed by atoms with Gasteiger partial charge in [0.2, 0.25) is 5.75 Å². The van der Waals surface area contributed by atoms with Crippen molar-refractivity contribution in [3.05, 3.63) is 39.7 Å². The van der Waals surface area contributed by atoms with Crippen LogP contribution in [0.15, 0.2) is 18.2 Å². The maximum absolute atomic E-state index is 13.1. The largest absolute Gasteiger partial charge is 0.502 e. The standard InChI is InChI=1S/C11H10FNO4S/c1-7(14)18-4-2-3-8-5-9(12)6-10(11(8)15)13(16)17/h2-3,5-6,15H,4H2,1H3. The van der Waals surface area contributed by atoms with Crippen molar-refractivity contribution in [3.63, 3.8) is 0 Å². The lowest BCUT2D eigenvalue weighted by Crippen LogP contribution is -1.92. The molecule has 0 aliphatic heterocycles. The average molecular weight is 271 g/mol. The minimum atomic E-state index is -0.861. The van der Waals surface area contributed by atoms with E-state index in [1.54, 1.807) is 0 Å². The summed E-state index contributed by atoms with van der Waals surface area (Å²) in [7, 11) is 0. The zero-order valence-corrected chi connectivity index (χ0v) is 10.2. The van der Waals surface area contributed by atoms with Crippen LogP contribution in [0, 0.1) is 15.9 Å². The van der Waals surface area contributed by atoms with E-state index in [2.05, 4.69) is 0 Å². The molecule has 1 N–H and O–H groups in total. The van der Waals surface area contributed by atoms with Crippen molar-refractivity contribution in [2.24, 2.45) is 0 Å². The first-order valence-corrected chi connectivity index (χ1v) is 5.87. The molecule has 0 aromatic heterocycles. The third-order valence-corrected chi connectivity index (χ3v) is 2.73. The van der Waals surface area contributed by atoms with Gasteiger partial charge in [-0.3, -0.25) is 14.9 Å². The van der Waals surface area contributed by atoms with E-state index in [9.17, 15) is 24.4 Å². The third-order valence-electron chi connectivity index (χ3n) is 1.96. The number of rotatable bonds is 4. The number of carbonyl (C=O) groups is 1. The number of thioether (sulfide) groups is 1. The first-order valence-electron chi connectivity index (χ1n) is 4.88. The summed E-state index contributed by atoms with van der Waals surface area (Å²) in [6.45, 7) is 1.41. The maximum atomic E-state index is 13.1. The molecule has 0 saturated carbocycles. The predicted octanol–water partition coefficient (Wildman–Crippen LogP) is 2.73. The zero-order valence-electron chi connectivity index (χ0n) is 9.42. The number of nitro benzene ring substituents is 1. The Bertz CT molecular complexity index is 516. The van der Waals surface area contributed by atoms with E-state index < -0.39 is 22.2 Å². The number of hydrogen-bond acceptors (Lipinski definition) is 5. The van der Waals surface area contributed by atoms with Crippen LogP contribution in [0.4, 0.5) is 10.1 Å². The highest BCUT2D eigenvalue weighted by Crippen LogP contribution is 2.31. The molecule has 0 radical (unpaired) electrons. The van der Waals surface area contributed by atoms with Crippen LogP contribution >= 0.6 is 11.8 Å². The number of phenols is 1. The van der Waals surface area contributed by atoms with Gasteiger partial charge in [0.1, 0.15) is 5.82 Å². The summed E-state index contributed by atoms with van der Waals surface area (Å²) in [5, 5.41) is 20.0. The van der Waals surface area contributed by atoms with E-state index in [1.807, 2.05) is 0 Å². The van der Waals surface area contributed by atoms with Crippen molar-refractivity contribution in [2.75, 3.05) is 5.75 Å². The lowest BCUT2D eigenvalue weighted by atomic mass is 10.1. The monoisotopic (exact) mass is 271 g/mol. The molecule has 0 amide bonds. The van der Waals surface area contributed by atoms with E-state index in [-0.39, 0.29) is 10.7 Å². The van der Waals surface area contributed by atoms with Crippen LogP contribution in [0.5, 0.6) is 5.75 Å². The lowest BCUT2D eigenvalue weighted by molar-refractivity contribution is -0.386. The molecule has 18 heavy (non-hydrogen) atoms. The van der Waals surface area contributed by atoms with E-state index in [0.717, 1.165) is 17.8 Å². The van der Waals surface area contributed by atoms with Gasteiger partial charge in [0.05, 0.1) is 11.0 Å². The molecule has 7 heteroatoms. The molecular weight excluding hydrogens is 261 g/mol. The van der Waals surface area contributed by atoms with Crippen LogP contribution in [0.1, 0.15) is 12.5 Å². The summed E-state index contributed by atoms with van der Waals surface area (Å²) < 4.78 is 13.1. The topological polar surface area (TPSA) is 80.4 Å². The molecule has 1 rings (SSSR count). The quantitative estimate of drug-likeness (QED) is 0.672. The van der Waals surface area contributed by atoms with Crippen molar-refractivity contribution < 1.29 is 19.2 Å². The molecule has 0 spiro atoms. The van der Waals surface area contributed by atoms with Crippen molar-refractivity contribution in [3.8, 4) is 5.75 Å². The van der Waals surface area contributed by atoms with Gasteiger partial charge in [-0.05, 0) is 6.07 Å². The van der Waals surface area contributed by atoms with Gasteiger partial charge in [0.25, 0.3) is 0 Å². The molecule has 0 heterocycles. The minimum absolute atomic E-state index is 0.00542. The SMILES string of the molecule is CC(=O)SCC=Cc1cc(F)cc([N+](=O)[O-])c1O. The van der Waals surface area contributed by atoms with E-state index >= 15 is 0 Å². The van der Waals surface area contributed by atoms with Crippen LogP contribution in [0.2, 0.25) is 0 Å². The second kappa shape index (κ2) is 6.15. The molecule has 0 saturated heterocycles. The highest BCUT2D eigenvalue weighted by molar-refractivity contribution is 8.13. The van der Waals surface area contributed by atoms with Gasteiger partial charge in [-0.2, -0.15) is 0 Å². The Morgan fingerprint density at radius 1 is 1.61 bits per heavy atom. The van der Waals surface area contributed by atoms with Crippen molar-refractivity contribution in [1.82, 2.24) is 0 Å². The summed E-state index contributed by atoms with van der Waals surface area (Å²) in [6, 6.07) is 1.63. The van der Waals surface area contributed by atoms with Crippen molar-refractivity contribution in [1.29, 1.82) is 0 Å². The van der Waals surface area contributed by atoms with E-state index in [0.29, 0.717) is 11.8 Å². The molecule has 1 aromatic rings. The molecule has 1 aromatic carbocycles. The van der Waals surface area contributed by atoms with Crippen LogP contribution in [-0.2, 0) is 4.79 Å². The number of carbonyl (C=O) groups excluding carboxylic acids is 1. The third kappa shape index (κ3) is 3.85. The number of aromatic hydroxyl groups is 1. The fraction of sp³-hybridized carbons (Fsp3) is 0.182. The molecule has 0 fully saturated rings. The Morgan fingerprint density at radius 2 is 2.28 bits per heavy atom. The summed E-state index contributed by atoms with van der Waals surface area (Å²) >= 11 is 1.04. The number of nitrogens with zero attached hydrogens (tertiary/aromatic N) is 1. The van der Waals surface area contributed by atoms with Crippen LogP contribution in [-0.4, -0.2) is 20.9 Å². The highest BCUT2D eigenvalue weighted by Gasteiger charge is 2.17. The summed E-state index contributed by atoms with van der Waals surface area (Å²) in [5.74, 6) is -1.05. The van der Waals surface area contributed by atoms with Gasteiger partial charge in [-0.15, -0.1) is 0 Å². The summed E-state index contributed by atoms with van der Waals surface area (Å²) in [5.41, 5.74) is -0.681. The number of phenolic OH excluding ortho intramolecular Hbond substituents is 1. The predicted molar refractivity (Wildman–Crippen MR) is 66.9 cm³/mol. The number of benzene rings is 1. The second-order valence-electron chi connectivity index (χ2n) is 3.32.